The van der Waals surface area contributed by atoms with E-state index >= 15 is 0 Å². The van der Waals surface area contributed by atoms with E-state index in [9.17, 15) is 14.9 Å². The summed E-state index contributed by atoms with van der Waals surface area (Å²) < 4.78 is 5.69. The summed E-state index contributed by atoms with van der Waals surface area (Å²) in [5, 5.41) is 14.2. The Bertz CT molecular complexity index is 986. The number of nitrogens with one attached hydrogen (secondary N) is 1. The highest BCUT2D eigenvalue weighted by atomic mass is 35.5. The minimum Gasteiger partial charge on any atom is -0.457 e. The monoisotopic (exact) mass is 382 g/mol. The number of ether oxygens (including phenoxy) is 1. The zero-order chi connectivity index (χ0) is 19.4. The number of rotatable bonds is 5. The van der Waals surface area contributed by atoms with E-state index in [4.69, 9.17) is 16.3 Å². The average molecular weight is 383 g/mol. The number of halogens is 1. The van der Waals surface area contributed by atoms with Crippen LogP contribution < -0.4 is 10.1 Å². The van der Waals surface area contributed by atoms with E-state index in [1.54, 1.807) is 55.5 Å². The maximum Gasteiger partial charge on any atom is 0.272 e. The highest BCUT2D eigenvalue weighted by Gasteiger charge is 2.14. The molecule has 136 valence electrons. The number of carbonyl (C=O) groups excluding carboxylic acids is 1. The number of hydrogen-bond donors (Lipinski definition) is 1. The Balaban J connectivity index is 1.67. The van der Waals surface area contributed by atoms with Crippen molar-refractivity contribution in [2.24, 2.45) is 0 Å². The Morgan fingerprint density at radius 3 is 2.15 bits per heavy atom. The van der Waals surface area contributed by atoms with E-state index in [1.165, 1.54) is 18.2 Å². The van der Waals surface area contributed by atoms with Gasteiger partial charge < -0.3 is 10.1 Å². The van der Waals surface area contributed by atoms with E-state index in [1.807, 2.05) is 0 Å². The number of aryl methyl sites for hydroxylation is 1. The van der Waals surface area contributed by atoms with Gasteiger partial charge in [-0.1, -0.05) is 11.6 Å². The van der Waals surface area contributed by atoms with Gasteiger partial charge in [-0.2, -0.15) is 0 Å². The highest BCUT2D eigenvalue weighted by Crippen LogP contribution is 2.25. The van der Waals surface area contributed by atoms with Crippen LogP contribution in [-0.2, 0) is 0 Å². The highest BCUT2D eigenvalue weighted by molar-refractivity contribution is 6.30. The van der Waals surface area contributed by atoms with Crippen molar-refractivity contribution in [1.82, 2.24) is 0 Å². The lowest BCUT2D eigenvalue weighted by Gasteiger charge is -2.09. The Hall–Kier alpha value is -3.38. The molecule has 0 aliphatic carbocycles. The predicted octanol–water partition coefficient (Wildman–Crippen LogP) is 5.60. The summed E-state index contributed by atoms with van der Waals surface area (Å²) in [6.07, 6.45) is 0. The lowest BCUT2D eigenvalue weighted by atomic mass is 10.1. The van der Waals surface area contributed by atoms with E-state index in [0.717, 1.165) is 0 Å². The van der Waals surface area contributed by atoms with Crippen LogP contribution in [0.4, 0.5) is 11.4 Å². The number of benzene rings is 3. The van der Waals surface area contributed by atoms with Gasteiger partial charge in [0.05, 0.1) is 4.92 Å². The van der Waals surface area contributed by atoms with E-state index in [-0.39, 0.29) is 11.6 Å². The molecule has 0 unspecified atom stereocenters. The number of nitrogens with zero attached hydrogens (tertiary/aromatic N) is 1. The van der Waals surface area contributed by atoms with Crippen LogP contribution in [0.3, 0.4) is 0 Å². The maximum absolute atomic E-state index is 12.3. The summed E-state index contributed by atoms with van der Waals surface area (Å²) in [5.74, 6) is 0.915. The first-order valence-electron chi connectivity index (χ1n) is 8.02. The van der Waals surface area contributed by atoms with Gasteiger partial charge in [-0.15, -0.1) is 0 Å². The molecule has 7 heteroatoms. The third-order valence-corrected chi connectivity index (χ3v) is 4.07. The molecule has 0 atom stereocenters. The summed E-state index contributed by atoms with van der Waals surface area (Å²) in [6.45, 7) is 1.60. The van der Waals surface area contributed by atoms with Crippen molar-refractivity contribution < 1.29 is 14.5 Å². The van der Waals surface area contributed by atoms with Gasteiger partial charge in [-0.3, -0.25) is 14.9 Å². The van der Waals surface area contributed by atoms with Crippen LogP contribution in [0.25, 0.3) is 0 Å². The fourth-order valence-corrected chi connectivity index (χ4v) is 2.58. The van der Waals surface area contributed by atoms with Crippen molar-refractivity contribution >= 4 is 28.9 Å². The van der Waals surface area contributed by atoms with Crippen molar-refractivity contribution in [2.75, 3.05) is 5.32 Å². The first-order chi connectivity index (χ1) is 12.9. The molecular formula is C20H15ClN2O4. The van der Waals surface area contributed by atoms with Crippen molar-refractivity contribution in [2.45, 2.75) is 6.92 Å². The normalized spacial score (nSPS) is 10.3. The summed E-state index contributed by atoms with van der Waals surface area (Å²) in [7, 11) is 0. The molecular weight excluding hydrogens is 368 g/mol. The van der Waals surface area contributed by atoms with E-state index in [2.05, 4.69) is 5.32 Å². The van der Waals surface area contributed by atoms with Gasteiger partial charge in [0.25, 0.3) is 11.6 Å². The van der Waals surface area contributed by atoms with Gasteiger partial charge in [-0.05, 0) is 67.6 Å². The fourth-order valence-electron chi connectivity index (χ4n) is 2.45. The second-order valence-corrected chi connectivity index (χ2v) is 6.23. The van der Waals surface area contributed by atoms with Crippen LogP contribution in [-0.4, -0.2) is 10.8 Å². The molecule has 3 aromatic carbocycles. The molecule has 3 aromatic rings. The first kappa shape index (κ1) is 18.4. The molecule has 0 bridgehead atoms. The second kappa shape index (κ2) is 7.88. The lowest BCUT2D eigenvalue weighted by Crippen LogP contribution is -2.12. The summed E-state index contributed by atoms with van der Waals surface area (Å²) in [6, 6.07) is 18.1. The summed E-state index contributed by atoms with van der Waals surface area (Å²) in [4.78, 5) is 22.7. The first-order valence-corrected chi connectivity index (χ1v) is 8.40. The molecule has 0 saturated heterocycles. The summed E-state index contributed by atoms with van der Waals surface area (Å²) >= 11 is 5.84. The van der Waals surface area contributed by atoms with Crippen molar-refractivity contribution in [3.05, 3.63) is 93.0 Å². The quantitative estimate of drug-likeness (QED) is 0.460. The Kier molecular flexibility index (Phi) is 5.38. The molecule has 0 saturated carbocycles. The fraction of sp³-hybridized carbons (Fsp3) is 0.0500. The number of anilines is 1. The Morgan fingerprint density at radius 2 is 1.59 bits per heavy atom. The minimum atomic E-state index is -0.476. The molecule has 3 rings (SSSR count). The standard InChI is InChI=1S/C20H15ClN2O4/c1-13-12-14(2-11-19(13)23(25)26)20(24)22-16-5-9-18(10-6-16)27-17-7-3-15(21)4-8-17/h2-12H,1H3,(H,22,24). The molecule has 1 amide bonds. The molecule has 1 N–H and O–H groups in total. The average Bonchev–Trinajstić information content (AvgIpc) is 2.64. The van der Waals surface area contributed by atoms with Crippen LogP contribution in [0.5, 0.6) is 11.5 Å². The molecule has 0 spiro atoms. The van der Waals surface area contributed by atoms with Gasteiger partial charge in [0.15, 0.2) is 0 Å². The molecule has 0 aliphatic rings. The number of amides is 1. The van der Waals surface area contributed by atoms with Crippen LogP contribution in [0.1, 0.15) is 15.9 Å². The number of nitro groups is 1. The zero-order valence-electron chi connectivity index (χ0n) is 14.3. The van der Waals surface area contributed by atoms with Gasteiger partial charge in [0.2, 0.25) is 0 Å². The van der Waals surface area contributed by atoms with Gasteiger partial charge in [-0.25, -0.2) is 0 Å². The summed E-state index contributed by atoms with van der Waals surface area (Å²) in [5.41, 5.74) is 1.34. The molecule has 0 fully saturated rings. The smallest absolute Gasteiger partial charge is 0.272 e. The Labute approximate surface area is 160 Å². The maximum atomic E-state index is 12.3. The molecule has 0 radical (unpaired) electrons. The number of carbonyl (C=O) groups is 1. The molecule has 0 aromatic heterocycles. The predicted molar refractivity (Wildman–Crippen MR) is 104 cm³/mol. The van der Waals surface area contributed by atoms with Gasteiger partial charge >= 0.3 is 0 Å². The van der Waals surface area contributed by atoms with E-state index < -0.39 is 4.92 Å². The number of nitro benzene ring substituents is 1. The third kappa shape index (κ3) is 4.62. The lowest BCUT2D eigenvalue weighted by molar-refractivity contribution is -0.385. The van der Waals surface area contributed by atoms with Gasteiger partial charge in [0.1, 0.15) is 11.5 Å². The largest absolute Gasteiger partial charge is 0.457 e. The van der Waals surface area contributed by atoms with Crippen molar-refractivity contribution in [1.29, 1.82) is 0 Å². The zero-order valence-corrected chi connectivity index (χ0v) is 15.1. The van der Waals surface area contributed by atoms with Crippen LogP contribution in [0.2, 0.25) is 5.02 Å². The van der Waals surface area contributed by atoms with Gasteiger partial charge in [0, 0.05) is 27.9 Å². The number of hydrogen-bond acceptors (Lipinski definition) is 4. The van der Waals surface area contributed by atoms with Crippen LogP contribution in [0.15, 0.2) is 66.7 Å². The third-order valence-electron chi connectivity index (χ3n) is 3.82. The molecule has 0 heterocycles. The second-order valence-electron chi connectivity index (χ2n) is 5.79. The minimum absolute atomic E-state index is 0.0183. The Morgan fingerprint density at radius 1 is 1.00 bits per heavy atom. The van der Waals surface area contributed by atoms with E-state index in [0.29, 0.717) is 33.3 Å². The SMILES string of the molecule is Cc1cc(C(=O)Nc2ccc(Oc3ccc(Cl)cc3)cc2)ccc1[N+](=O)[O-]. The molecule has 27 heavy (non-hydrogen) atoms. The van der Waals surface area contributed by atoms with Crippen LogP contribution in [0, 0.1) is 17.0 Å². The van der Waals surface area contributed by atoms with Crippen LogP contribution >= 0.6 is 11.6 Å². The molecule has 6 nitrogen and oxygen atoms in total. The topological polar surface area (TPSA) is 81.5 Å². The molecule has 0 aliphatic heterocycles. The van der Waals surface area contributed by atoms with Crippen molar-refractivity contribution in [3.8, 4) is 11.5 Å². The van der Waals surface area contributed by atoms with Crippen molar-refractivity contribution in [3.63, 3.8) is 0 Å².